The lowest BCUT2D eigenvalue weighted by molar-refractivity contribution is -0.132. The van der Waals surface area contributed by atoms with E-state index in [9.17, 15) is 9.59 Å². The van der Waals surface area contributed by atoms with Crippen LogP contribution in [0.4, 0.5) is 5.69 Å². The number of carbonyl (C=O) groups excluding carboxylic acids is 2. The molecule has 0 bridgehead atoms. The van der Waals surface area contributed by atoms with Crippen LogP contribution in [0.3, 0.4) is 0 Å². The molecule has 0 spiro atoms. The Labute approximate surface area is 171 Å². The van der Waals surface area contributed by atoms with Gasteiger partial charge >= 0.3 is 0 Å². The number of fused-ring (bicyclic) bond motifs is 1. The number of nitrogens with zero attached hydrogens (tertiary/aromatic N) is 4. The number of thiazole rings is 1. The molecule has 0 aliphatic carbocycles. The van der Waals surface area contributed by atoms with Gasteiger partial charge in [-0.25, -0.2) is 4.98 Å². The van der Waals surface area contributed by atoms with Crippen molar-refractivity contribution in [1.29, 1.82) is 0 Å². The van der Waals surface area contributed by atoms with Crippen LogP contribution in [-0.2, 0) is 16.0 Å². The normalized spacial score (nSPS) is 15.1. The molecule has 0 saturated carbocycles. The van der Waals surface area contributed by atoms with Gasteiger partial charge in [0.15, 0.2) is 4.96 Å². The minimum atomic E-state index is -0.106. The number of imidazole rings is 1. The average Bonchev–Trinajstić information content (AvgIpc) is 3.26. The molecule has 146 valence electrons. The third-order valence-corrected chi connectivity index (χ3v) is 5.82. The number of piperazine rings is 1. The number of aromatic nitrogens is 2. The Kier molecular flexibility index (Phi) is 5.61. The Morgan fingerprint density at radius 2 is 1.96 bits per heavy atom. The lowest BCUT2D eigenvalue weighted by Crippen LogP contribution is -2.50. The van der Waals surface area contributed by atoms with Crippen LogP contribution in [0.2, 0.25) is 5.02 Å². The number of benzene rings is 1. The van der Waals surface area contributed by atoms with E-state index in [2.05, 4.69) is 10.3 Å². The van der Waals surface area contributed by atoms with Gasteiger partial charge in [0.2, 0.25) is 11.8 Å². The zero-order valence-corrected chi connectivity index (χ0v) is 16.7. The van der Waals surface area contributed by atoms with Gasteiger partial charge in [-0.1, -0.05) is 23.7 Å². The number of hydrogen-bond donors (Lipinski definition) is 1. The summed E-state index contributed by atoms with van der Waals surface area (Å²) in [5.41, 5.74) is 1.40. The van der Waals surface area contributed by atoms with Crippen LogP contribution in [0.1, 0.15) is 5.69 Å². The fourth-order valence-electron chi connectivity index (χ4n) is 3.24. The highest BCUT2D eigenvalue weighted by Gasteiger charge is 2.23. The molecule has 2 aromatic heterocycles. The molecule has 4 rings (SSSR count). The van der Waals surface area contributed by atoms with E-state index in [1.807, 2.05) is 44.1 Å². The monoisotopic (exact) mass is 417 g/mol. The number of hydrogen-bond acceptors (Lipinski definition) is 5. The number of halogens is 1. The number of rotatable bonds is 5. The maximum atomic E-state index is 12.5. The number of anilines is 1. The number of para-hydroxylation sites is 1. The van der Waals surface area contributed by atoms with Crippen molar-refractivity contribution in [3.8, 4) is 0 Å². The summed E-state index contributed by atoms with van der Waals surface area (Å²) in [6.45, 7) is 2.84. The van der Waals surface area contributed by atoms with E-state index in [0.717, 1.165) is 10.7 Å². The van der Waals surface area contributed by atoms with Crippen molar-refractivity contribution in [2.75, 3.05) is 38.0 Å². The van der Waals surface area contributed by atoms with Crippen molar-refractivity contribution in [2.45, 2.75) is 6.42 Å². The van der Waals surface area contributed by atoms with Gasteiger partial charge in [-0.05, 0) is 12.1 Å². The first-order valence-corrected chi connectivity index (χ1v) is 10.3. The SMILES string of the molecule is O=C(CN1CCN(C(=O)Cc2cn3ccsc3n2)CC1)Nc1ccccc1Cl. The first kappa shape index (κ1) is 18.9. The summed E-state index contributed by atoms with van der Waals surface area (Å²) < 4.78 is 1.93. The van der Waals surface area contributed by atoms with Gasteiger partial charge in [0.1, 0.15) is 0 Å². The lowest BCUT2D eigenvalue weighted by Gasteiger charge is -2.34. The van der Waals surface area contributed by atoms with Crippen molar-refractivity contribution in [3.05, 3.63) is 52.8 Å². The highest BCUT2D eigenvalue weighted by atomic mass is 35.5. The highest BCUT2D eigenvalue weighted by Crippen LogP contribution is 2.20. The molecule has 1 aliphatic rings. The van der Waals surface area contributed by atoms with E-state index in [1.54, 1.807) is 23.5 Å². The first-order chi connectivity index (χ1) is 13.6. The molecule has 28 heavy (non-hydrogen) atoms. The fraction of sp³-hybridized carbons (Fsp3) is 0.316. The second kappa shape index (κ2) is 8.30. The second-order valence-electron chi connectivity index (χ2n) is 6.69. The van der Waals surface area contributed by atoms with Crippen molar-refractivity contribution in [2.24, 2.45) is 0 Å². The molecule has 1 saturated heterocycles. The first-order valence-electron chi connectivity index (χ1n) is 9.04. The minimum Gasteiger partial charge on any atom is -0.340 e. The Bertz CT molecular complexity index is 965. The Morgan fingerprint density at radius 1 is 1.18 bits per heavy atom. The van der Waals surface area contributed by atoms with Crippen molar-refractivity contribution in [1.82, 2.24) is 19.2 Å². The van der Waals surface area contributed by atoms with Crippen LogP contribution >= 0.6 is 22.9 Å². The largest absolute Gasteiger partial charge is 0.340 e. The van der Waals surface area contributed by atoms with E-state index in [1.165, 1.54) is 0 Å². The number of nitrogens with one attached hydrogen (secondary N) is 1. The summed E-state index contributed by atoms with van der Waals surface area (Å²) in [6.07, 6.45) is 4.15. The van der Waals surface area contributed by atoms with Crippen LogP contribution in [0.15, 0.2) is 42.0 Å². The third kappa shape index (κ3) is 4.35. The Balaban J connectivity index is 1.24. The molecule has 9 heteroatoms. The van der Waals surface area contributed by atoms with E-state index < -0.39 is 0 Å². The van der Waals surface area contributed by atoms with E-state index in [4.69, 9.17) is 11.6 Å². The maximum absolute atomic E-state index is 12.5. The quantitative estimate of drug-likeness (QED) is 0.692. The van der Waals surface area contributed by atoms with Crippen LogP contribution < -0.4 is 5.32 Å². The van der Waals surface area contributed by atoms with Gasteiger partial charge in [-0.2, -0.15) is 0 Å². The fourth-order valence-corrected chi connectivity index (χ4v) is 4.14. The summed E-state index contributed by atoms with van der Waals surface area (Å²) in [5, 5.41) is 5.32. The van der Waals surface area contributed by atoms with Crippen LogP contribution in [0.5, 0.6) is 0 Å². The molecule has 1 N–H and O–H groups in total. The molecule has 1 aliphatic heterocycles. The average molecular weight is 418 g/mol. The van der Waals surface area contributed by atoms with Crippen molar-refractivity contribution < 1.29 is 9.59 Å². The summed E-state index contributed by atoms with van der Waals surface area (Å²) >= 11 is 7.62. The van der Waals surface area contributed by atoms with Gasteiger partial charge in [-0.3, -0.25) is 18.9 Å². The second-order valence-corrected chi connectivity index (χ2v) is 7.97. The predicted octanol–water partition coefficient (Wildman–Crippen LogP) is 2.37. The third-order valence-electron chi connectivity index (χ3n) is 4.72. The summed E-state index contributed by atoms with van der Waals surface area (Å²) in [4.78, 5) is 34.0. The zero-order chi connectivity index (χ0) is 19.5. The minimum absolute atomic E-state index is 0.0749. The zero-order valence-electron chi connectivity index (χ0n) is 15.2. The molecule has 3 heterocycles. The molecule has 0 atom stereocenters. The smallest absolute Gasteiger partial charge is 0.238 e. The van der Waals surface area contributed by atoms with E-state index in [-0.39, 0.29) is 18.4 Å². The predicted molar refractivity (Wildman–Crippen MR) is 110 cm³/mol. The molecular weight excluding hydrogens is 398 g/mol. The van der Waals surface area contributed by atoms with Crippen LogP contribution in [0.25, 0.3) is 4.96 Å². The maximum Gasteiger partial charge on any atom is 0.238 e. The van der Waals surface area contributed by atoms with Gasteiger partial charge in [0.25, 0.3) is 0 Å². The molecular formula is C19H20ClN5O2S. The number of amides is 2. The molecule has 0 unspecified atom stereocenters. The highest BCUT2D eigenvalue weighted by molar-refractivity contribution is 7.15. The van der Waals surface area contributed by atoms with Gasteiger partial charge in [-0.15, -0.1) is 11.3 Å². The van der Waals surface area contributed by atoms with E-state index >= 15 is 0 Å². The molecule has 3 aromatic rings. The van der Waals surface area contributed by atoms with Crippen molar-refractivity contribution in [3.63, 3.8) is 0 Å². The molecule has 7 nitrogen and oxygen atoms in total. The topological polar surface area (TPSA) is 70.0 Å². The van der Waals surface area contributed by atoms with Crippen LogP contribution in [0, 0.1) is 0 Å². The molecule has 1 aromatic carbocycles. The standard InChI is InChI=1S/C19H20ClN5O2S/c20-15-3-1-2-4-16(15)22-17(26)13-23-5-7-24(8-6-23)18(27)11-14-12-25-9-10-28-19(25)21-14/h1-4,9-10,12H,5-8,11,13H2,(H,22,26). The van der Waals surface area contributed by atoms with E-state index in [0.29, 0.717) is 43.3 Å². The van der Waals surface area contributed by atoms with Crippen LogP contribution in [-0.4, -0.2) is 63.7 Å². The van der Waals surface area contributed by atoms with Gasteiger partial charge < -0.3 is 10.2 Å². The Morgan fingerprint density at radius 3 is 2.71 bits per heavy atom. The molecule has 1 fully saturated rings. The van der Waals surface area contributed by atoms with Crippen molar-refractivity contribution >= 4 is 45.4 Å². The van der Waals surface area contributed by atoms with Gasteiger partial charge in [0, 0.05) is 44.0 Å². The lowest BCUT2D eigenvalue weighted by atomic mass is 10.2. The summed E-state index contributed by atoms with van der Waals surface area (Å²) in [5.74, 6) is -0.0307. The molecule has 2 amide bonds. The summed E-state index contributed by atoms with van der Waals surface area (Å²) in [7, 11) is 0. The molecule has 0 radical (unpaired) electrons. The summed E-state index contributed by atoms with van der Waals surface area (Å²) in [6, 6.07) is 7.17. The number of carbonyl (C=O) groups is 2. The van der Waals surface area contributed by atoms with Gasteiger partial charge in [0.05, 0.1) is 29.4 Å². The Hall–Kier alpha value is -2.42.